The number of benzene rings is 2. The van der Waals surface area contributed by atoms with Gasteiger partial charge in [-0.05, 0) is 59.2 Å². The number of carbonyl (C=O) groups is 3. The quantitative estimate of drug-likeness (QED) is 0.406. The highest BCUT2D eigenvalue weighted by Gasteiger charge is 2.46. The van der Waals surface area contributed by atoms with E-state index < -0.39 is 24.1 Å². The van der Waals surface area contributed by atoms with Crippen LogP contribution in [0, 0.1) is 11.7 Å². The number of hydrogen-bond acceptors (Lipinski definition) is 5. The van der Waals surface area contributed by atoms with Gasteiger partial charge >= 0.3 is 6.09 Å². The van der Waals surface area contributed by atoms with Crippen molar-refractivity contribution in [1.29, 1.82) is 0 Å². The molecule has 188 valence electrons. The van der Waals surface area contributed by atoms with Crippen molar-refractivity contribution in [3.8, 4) is 0 Å². The molecule has 1 aliphatic heterocycles. The van der Waals surface area contributed by atoms with Crippen LogP contribution in [-0.4, -0.2) is 35.4 Å². The van der Waals surface area contributed by atoms with Gasteiger partial charge in [0.05, 0.1) is 11.4 Å². The molecule has 0 bridgehead atoms. The van der Waals surface area contributed by atoms with Crippen LogP contribution in [0.1, 0.15) is 47.2 Å². The molecule has 0 saturated carbocycles. The van der Waals surface area contributed by atoms with Gasteiger partial charge in [-0.2, -0.15) is 0 Å². The van der Waals surface area contributed by atoms with E-state index in [1.54, 1.807) is 48.5 Å². The third kappa shape index (κ3) is 6.09. The molecule has 36 heavy (non-hydrogen) atoms. The largest absolute Gasteiger partial charge is 0.438 e. The van der Waals surface area contributed by atoms with Crippen molar-refractivity contribution in [2.75, 3.05) is 11.9 Å². The average molecular weight is 510 g/mol. The Balaban J connectivity index is 1.54. The van der Waals surface area contributed by atoms with E-state index in [4.69, 9.17) is 4.74 Å². The van der Waals surface area contributed by atoms with Gasteiger partial charge in [-0.15, -0.1) is 11.3 Å². The summed E-state index contributed by atoms with van der Waals surface area (Å²) in [6.45, 7) is 4.62. The van der Waals surface area contributed by atoms with Gasteiger partial charge in [0.2, 0.25) is 5.91 Å². The van der Waals surface area contributed by atoms with E-state index >= 15 is 0 Å². The second-order valence-electron chi connectivity index (χ2n) is 9.03. The van der Waals surface area contributed by atoms with Gasteiger partial charge in [0.15, 0.2) is 12.1 Å². The third-order valence-electron chi connectivity index (χ3n) is 5.86. The number of halogens is 1. The molecule has 4 rings (SSSR count). The van der Waals surface area contributed by atoms with Gasteiger partial charge in [-0.1, -0.05) is 44.2 Å². The summed E-state index contributed by atoms with van der Waals surface area (Å²) in [6, 6.07) is 15.4. The molecule has 7 nitrogen and oxygen atoms in total. The van der Waals surface area contributed by atoms with Crippen molar-refractivity contribution in [3.63, 3.8) is 0 Å². The summed E-state index contributed by atoms with van der Waals surface area (Å²) in [5.74, 6) is -0.565. The molecule has 2 aromatic carbocycles. The second-order valence-corrected chi connectivity index (χ2v) is 9.98. The van der Waals surface area contributed by atoms with Crippen LogP contribution in [0.5, 0.6) is 0 Å². The molecule has 1 aromatic heterocycles. The molecule has 3 amide bonds. The number of ether oxygens (including phenoxy) is 1. The van der Waals surface area contributed by atoms with Crippen LogP contribution in [0.25, 0.3) is 0 Å². The lowest BCUT2D eigenvalue weighted by Crippen LogP contribution is -2.46. The first kappa shape index (κ1) is 25.4. The van der Waals surface area contributed by atoms with Crippen molar-refractivity contribution >= 4 is 34.9 Å². The molecule has 0 unspecified atom stereocenters. The second kappa shape index (κ2) is 11.3. The first-order chi connectivity index (χ1) is 17.3. The number of thiophene rings is 1. The number of amides is 3. The monoisotopic (exact) mass is 509 g/mol. The predicted octanol–water partition coefficient (Wildman–Crippen LogP) is 5.36. The van der Waals surface area contributed by atoms with Crippen LogP contribution in [0.15, 0.2) is 66.0 Å². The molecule has 1 fully saturated rings. The fraction of sp³-hybridized carbons (Fsp3) is 0.296. The van der Waals surface area contributed by atoms with E-state index in [1.807, 2.05) is 5.38 Å². The number of cyclic esters (lactones) is 1. The number of anilines is 1. The Kier molecular flexibility index (Phi) is 8.00. The summed E-state index contributed by atoms with van der Waals surface area (Å²) in [5, 5.41) is 7.57. The zero-order valence-corrected chi connectivity index (χ0v) is 20.9. The zero-order chi connectivity index (χ0) is 25.7. The maximum Gasteiger partial charge on any atom is 0.411 e. The number of nitrogens with zero attached hydrogens (tertiary/aromatic N) is 1. The van der Waals surface area contributed by atoms with Crippen LogP contribution in [0.3, 0.4) is 0 Å². The van der Waals surface area contributed by atoms with Gasteiger partial charge < -0.3 is 15.4 Å². The Hall–Kier alpha value is -3.72. The molecule has 2 heterocycles. The van der Waals surface area contributed by atoms with Crippen LogP contribution in [0.4, 0.5) is 14.9 Å². The van der Waals surface area contributed by atoms with Crippen LogP contribution >= 0.6 is 11.3 Å². The minimum atomic E-state index is -0.931. The van der Waals surface area contributed by atoms with Crippen LogP contribution < -0.4 is 10.6 Å². The lowest BCUT2D eigenvalue weighted by molar-refractivity contribution is -0.126. The molecule has 0 aliphatic carbocycles. The maximum atomic E-state index is 13.8. The molecule has 0 spiro atoms. The summed E-state index contributed by atoms with van der Waals surface area (Å²) in [6.07, 6.45) is -0.712. The van der Waals surface area contributed by atoms with Gasteiger partial charge in [0, 0.05) is 12.2 Å². The third-order valence-corrected chi connectivity index (χ3v) is 6.73. The highest BCUT2D eigenvalue weighted by Crippen LogP contribution is 2.34. The van der Waals surface area contributed by atoms with Crippen LogP contribution in [0.2, 0.25) is 0 Å². The van der Waals surface area contributed by atoms with Gasteiger partial charge in [0.1, 0.15) is 5.82 Å². The molecule has 2 N–H and O–H groups in total. The maximum absolute atomic E-state index is 13.8. The molecule has 9 heteroatoms. The first-order valence-corrected chi connectivity index (χ1v) is 12.6. The normalized spacial score (nSPS) is 17.2. The standard InChI is InChI=1S/C27H28FN3O4S/c1-17(2)12-13-29-26(33)23-24(35-27(34)31(23)16-18-5-3-6-20(28)15-18)19-8-10-21(11-9-19)30-25(32)22-7-4-14-36-22/h3-11,14-15,17,23-24H,12-13,16H2,1-2H3,(H,29,33)(H,30,32)/t23-,24-/m1/s1. The molecule has 0 radical (unpaired) electrons. The Morgan fingerprint density at radius 1 is 1.11 bits per heavy atom. The number of rotatable bonds is 9. The minimum absolute atomic E-state index is 0.0321. The Labute approximate surface area is 213 Å². The molecule has 2 atom stereocenters. The number of nitrogens with one attached hydrogen (secondary N) is 2. The number of carbonyl (C=O) groups excluding carboxylic acids is 3. The van der Waals surface area contributed by atoms with E-state index in [9.17, 15) is 18.8 Å². The van der Waals surface area contributed by atoms with E-state index in [0.717, 1.165) is 6.42 Å². The van der Waals surface area contributed by atoms with Crippen molar-refractivity contribution in [2.24, 2.45) is 5.92 Å². The first-order valence-electron chi connectivity index (χ1n) is 11.8. The summed E-state index contributed by atoms with van der Waals surface area (Å²) in [5.41, 5.74) is 1.75. The lowest BCUT2D eigenvalue weighted by Gasteiger charge is -2.24. The Morgan fingerprint density at radius 2 is 1.89 bits per heavy atom. The van der Waals surface area contributed by atoms with Crippen molar-refractivity contribution in [3.05, 3.63) is 87.9 Å². The Bertz CT molecular complexity index is 1210. The fourth-order valence-electron chi connectivity index (χ4n) is 3.99. The van der Waals surface area contributed by atoms with E-state index in [-0.39, 0.29) is 18.4 Å². The molecular weight excluding hydrogens is 481 g/mol. The van der Waals surface area contributed by atoms with Crippen molar-refractivity contribution in [2.45, 2.75) is 39.0 Å². The van der Waals surface area contributed by atoms with Gasteiger partial charge in [0.25, 0.3) is 5.91 Å². The van der Waals surface area contributed by atoms with Gasteiger partial charge in [-0.3, -0.25) is 14.5 Å². The zero-order valence-electron chi connectivity index (χ0n) is 20.1. The van der Waals surface area contributed by atoms with Crippen LogP contribution in [-0.2, 0) is 16.1 Å². The van der Waals surface area contributed by atoms with Crippen molar-refractivity contribution in [1.82, 2.24) is 10.2 Å². The average Bonchev–Trinajstić information content (AvgIpc) is 3.48. The summed E-state index contributed by atoms with van der Waals surface area (Å²) >= 11 is 1.34. The molecule has 1 saturated heterocycles. The smallest absolute Gasteiger partial charge is 0.411 e. The SMILES string of the molecule is CC(C)CCNC(=O)[C@H]1[C@@H](c2ccc(NC(=O)c3cccs3)cc2)OC(=O)N1Cc1cccc(F)c1. The van der Waals surface area contributed by atoms with Crippen molar-refractivity contribution < 1.29 is 23.5 Å². The van der Waals surface area contributed by atoms with E-state index in [1.165, 1.54) is 28.4 Å². The minimum Gasteiger partial charge on any atom is -0.438 e. The lowest BCUT2D eigenvalue weighted by atomic mass is 10.00. The highest BCUT2D eigenvalue weighted by molar-refractivity contribution is 7.12. The fourth-order valence-corrected chi connectivity index (χ4v) is 4.61. The van der Waals surface area contributed by atoms with E-state index in [0.29, 0.717) is 34.2 Å². The van der Waals surface area contributed by atoms with E-state index in [2.05, 4.69) is 24.5 Å². The summed E-state index contributed by atoms with van der Waals surface area (Å²) < 4.78 is 19.4. The summed E-state index contributed by atoms with van der Waals surface area (Å²) in [4.78, 5) is 40.4. The number of hydrogen-bond donors (Lipinski definition) is 2. The summed E-state index contributed by atoms with van der Waals surface area (Å²) in [7, 11) is 0. The topological polar surface area (TPSA) is 87.7 Å². The molecular formula is C27H28FN3O4S. The predicted molar refractivity (Wildman–Crippen MR) is 136 cm³/mol. The molecule has 3 aromatic rings. The van der Waals surface area contributed by atoms with Gasteiger partial charge in [-0.25, -0.2) is 9.18 Å². The molecule has 1 aliphatic rings. The highest BCUT2D eigenvalue weighted by atomic mass is 32.1. The Morgan fingerprint density at radius 3 is 2.56 bits per heavy atom.